The van der Waals surface area contributed by atoms with Crippen molar-refractivity contribution in [1.82, 2.24) is 19.9 Å². The second-order valence-corrected chi connectivity index (χ2v) is 2.55. The van der Waals surface area contributed by atoms with Crippen molar-refractivity contribution in [2.75, 3.05) is 5.32 Å². The fourth-order valence-electron chi connectivity index (χ4n) is 1.07. The number of imidazole rings is 1. The Labute approximate surface area is 82.2 Å². The van der Waals surface area contributed by atoms with Crippen molar-refractivity contribution >= 4 is 17.1 Å². The predicted octanol–water partition coefficient (Wildman–Crippen LogP) is -0.589. The number of rotatable bonds is 1. The van der Waals surface area contributed by atoms with Gasteiger partial charge in [0.15, 0.2) is 17.4 Å². The summed E-state index contributed by atoms with van der Waals surface area (Å²) in [6.07, 6.45) is 1.61. The fourth-order valence-corrected chi connectivity index (χ4v) is 1.07. The quantitative estimate of drug-likeness (QED) is 0.417. The Hall–Kier alpha value is -2.87. The highest BCUT2D eigenvalue weighted by Crippen LogP contribution is 2.04. The molecular formula is C7H3N7O. The van der Waals surface area contributed by atoms with Gasteiger partial charge in [0.05, 0.1) is 0 Å². The van der Waals surface area contributed by atoms with E-state index in [-0.39, 0.29) is 22.9 Å². The molecule has 0 aliphatic rings. The first kappa shape index (κ1) is 8.72. The van der Waals surface area contributed by atoms with Gasteiger partial charge in [0, 0.05) is 0 Å². The van der Waals surface area contributed by atoms with Gasteiger partial charge in [-0.1, -0.05) is 0 Å². The van der Waals surface area contributed by atoms with Crippen molar-refractivity contribution in [2.45, 2.75) is 0 Å². The van der Waals surface area contributed by atoms with E-state index in [1.807, 2.05) is 0 Å². The first-order valence-electron chi connectivity index (χ1n) is 3.80. The van der Waals surface area contributed by atoms with E-state index in [4.69, 9.17) is 10.5 Å². The molecule has 15 heavy (non-hydrogen) atoms. The van der Waals surface area contributed by atoms with Crippen LogP contribution < -0.4 is 10.9 Å². The van der Waals surface area contributed by atoms with Gasteiger partial charge in [-0.2, -0.15) is 20.5 Å². The van der Waals surface area contributed by atoms with Gasteiger partial charge >= 0.3 is 0 Å². The molecule has 0 aliphatic heterocycles. The number of anilines is 1. The third kappa shape index (κ3) is 1.36. The summed E-state index contributed by atoms with van der Waals surface area (Å²) in [5, 5.41) is 19.1. The van der Waals surface area contributed by atoms with Crippen molar-refractivity contribution < 1.29 is 0 Å². The Morgan fingerprint density at radius 2 is 2.07 bits per heavy atom. The predicted molar refractivity (Wildman–Crippen MR) is 48.5 cm³/mol. The summed E-state index contributed by atoms with van der Waals surface area (Å²) in [4.78, 5) is 23.7. The van der Waals surface area contributed by atoms with Crippen LogP contribution in [-0.2, 0) is 0 Å². The number of H-pyrrole nitrogens is 2. The lowest BCUT2D eigenvalue weighted by Crippen LogP contribution is -2.10. The summed E-state index contributed by atoms with van der Waals surface area (Å²) in [6, 6.07) is 1.75. The molecule has 2 heterocycles. The molecule has 0 amide bonds. The maximum atomic E-state index is 11.4. The molecule has 0 saturated heterocycles. The average molecular weight is 201 g/mol. The number of aromatic amines is 2. The van der Waals surface area contributed by atoms with Crippen LogP contribution in [0.4, 0.5) is 5.95 Å². The van der Waals surface area contributed by atoms with Crippen LogP contribution in [0.25, 0.3) is 11.2 Å². The molecule has 0 saturated carbocycles. The lowest BCUT2D eigenvalue weighted by molar-refractivity contribution is 1.15. The average Bonchev–Trinajstić information content (AvgIpc) is 2.62. The summed E-state index contributed by atoms with van der Waals surface area (Å²) in [5.74, 6) is -0.0110. The van der Waals surface area contributed by atoms with E-state index in [9.17, 15) is 4.79 Å². The molecule has 2 rings (SSSR count). The SMILES string of the molecule is N#CNc1nc2nc(C#N)[nH]c2c(=O)[nH]1. The first-order valence-corrected chi connectivity index (χ1v) is 3.80. The fraction of sp³-hybridized carbons (Fsp3) is 0. The van der Waals surface area contributed by atoms with E-state index in [1.165, 1.54) is 0 Å². The van der Waals surface area contributed by atoms with Crippen LogP contribution in [0, 0.1) is 22.8 Å². The second kappa shape index (κ2) is 3.12. The Kier molecular flexibility index (Phi) is 1.81. The highest BCUT2D eigenvalue weighted by molar-refractivity contribution is 5.71. The summed E-state index contributed by atoms with van der Waals surface area (Å²) < 4.78 is 0. The van der Waals surface area contributed by atoms with E-state index >= 15 is 0 Å². The van der Waals surface area contributed by atoms with Gasteiger partial charge in [-0.3, -0.25) is 15.1 Å². The van der Waals surface area contributed by atoms with E-state index in [1.54, 1.807) is 12.3 Å². The number of nitrogens with zero attached hydrogens (tertiary/aromatic N) is 4. The zero-order valence-electron chi connectivity index (χ0n) is 7.20. The maximum Gasteiger partial charge on any atom is 0.278 e. The smallest absolute Gasteiger partial charge is 0.278 e. The standard InChI is InChI=1S/C7H3N7O/c8-1-3-11-4-5(12-3)13-7(10-2-9)14-6(4)15/h(H3,10,11,12,13,14,15). The Bertz CT molecular complexity index is 652. The van der Waals surface area contributed by atoms with Crippen LogP contribution >= 0.6 is 0 Å². The molecule has 0 aromatic carbocycles. The normalized spacial score (nSPS) is 9.47. The number of fused-ring (bicyclic) bond motifs is 1. The second-order valence-electron chi connectivity index (χ2n) is 2.55. The Morgan fingerprint density at radius 3 is 2.73 bits per heavy atom. The van der Waals surface area contributed by atoms with Crippen LogP contribution in [0.15, 0.2) is 4.79 Å². The van der Waals surface area contributed by atoms with Gasteiger partial charge in [0.1, 0.15) is 6.07 Å². The molecule has 0 atom stereocenters. The van der Waals surface area contributed by atoms with Crippen LogP contribution in [0.5, 0.6) is 0 Å². The zero-order valence-corrected chi connectivity index (χ0v) is 7.20. The van der Waals surface area contributed by atoms with E-state index in [0.717, 1.165) is 0 Å². The molecule has 72 valence electrons. The lowest BCUT2D eigenvalue weighted by atomic mass is 10.5. The molecule has 8 heteroatoms. The van der Waals surface area contributed by atoms with Gasteiger partial charge in [-0.15, -0.1) is 0 Å². The molecule has 0 unspecified atom stereocenters. The Balaban J connectivity index is 2.73. The van der Waals surface area contributed by atoms with Crippen LogP contribution in [0.3, 0.4) is 0 Å². The molecule has 0 spiro atoms. The lowest BCUT2D eigenvalue weighted by Gasteiger charge is -1.93. The van der Waals surface area contributed by atoms with Gasteiger partial charge in [-0.05, 0) is 0 Å². The van der Waals surface area contributed by atoms with E-state index in [2.05, 4.69) is 25.3 Å². The van der Waals surface area contributed by atoms with Crippen molar-refractivity contribution in [2.24, 2.45) is 0 Å². The maximum absolute atomic E-state index is 11.4. The van der Waals surface area contributed by atoms with E-state index in [0.29, 0.717) is 0 Å². The molecule has 2 aromatic rings. The van der Waals surface area contributed by atoms with Gasteiger partial charge in [0.25, 0.3) is 5.56 Å². The first-order chi connectivity index (χ1) is 7.24. The van der Waals surface area contributed by atoms with Crippen molar-refractivity contribution in [3.8, 4) is 12.3 Å². The molecule has 2 aromatic heterocycles. The molecule has 0 bridgehead atoms. The van der Waals surface area contributed by atoms with Crippen LogP contribution in [0.2, 0.25) is 0 Å². The minimum absolute atomic E-state index is 0.00268. The van der Waals surface area contributed by atoms with Crippen molar-refractivity contribution in [3.05, 3.63) is 16.2 Å². The summed E-state index contributed by atoms with van der Waals surface area (Å²) in [6.45, 7) is 0. The van der Waals surface area contributed by atoms with Gasteiger partial charge < -0.3 is 4.98 Å². The van der Waals surface area contributed by atoms with Crippen molar-refractivity contribution in [1.29, 1.82) is 10.5 Å². The van der Waals surface area contributed by atoms with Crippen LogP contribution in [-0.4, -0.2) is 19.9 Å². The highest BCUT2D eigenvalue weighted by atomic mass is 16.1. The molecule has 3 N–H and O–H groups in total. The molecule has 8 nitrogen and oxygen atoms in total. The summed E-state index contributed by atoms with van der Waals surface area (Å²) in [7, 11) is 0. The summed E-state index contributed by atoms with van der Waals surface area (Å²) in [5.41, 5.74) is -0.296. The third-order valence-corrected chi connectivity index (χ3v) is 1.64. The monoisotopic (exact) mass is 201 g/mol. The zero-order chi connectivity index (χ0) is 10.8. The topological polar surface area (TPSA) is 134 Å². The third-order valence-electron chi connectivity index (χ3n) is 1.64. The van der Waals surface area contributed by atoms with Crippen molar-refractivity contribution in [3.63, 3.8) is 0 Å². The summed E-state index contributed by atoms with van der Waals surface area (Å²) >= 11 is 0. The largest absolute Gasteiger partial charge is 0.324 e. The minimum Gasteiger partial charge on any atom is -0.324 e. The number of hydrogen-bond acceptors (Lipinski definition) is 6. The number of nitriles is 2. The number of hydrogen-bond donors (Lipinski definition) is 3. The van der Waals surface area contributed by atoms with Crippen LogP contribution in [0.1, 0.15) is 5.82 Å². The highest BCUT2D eigenvalue weighted by Gasteiger charge is 2.08. The minimum atomic E-state index is -0.494. The van der Waals surface area contributed by atoms with Gasteiger partial charge in [-0.25, -0.2) is 0 Å². The molecule has 0 fully saturated rings. The molecular weight excluding hydrogens is 198 g/mol. The number of aromatic nitrogens is 4. The molecule has 0 radical (unpaired) electrons. The van der Waals surface area contributed by atoms with E-state index < -0.39 is 5.56 Å². The van der Waals surface area contributed by atoms with Gasteiger partial charge in [0.2, 0.25) is 11.8 Å². The number of nitrogens with one attached hydrogen (secondary N) is 3. The molecule has 0 aliphatic carbocycles. The Morgan fingerprint density at radius 1 is 1.27 bits per heavy atom.